The summed E-state index contributed by atoms with van der Waals surface area (Å²) in [4.78, 5) is 25.6. The van der Waals surface area contributed by atoms with Crippen molar-refractivity contribution in [3.05, 3.63) is 81.9 Å². The second kappa shape index (κ2) is 7.51. The molecule has 0 amide bonds. The summed E-state index contributed by atoms with van der Waals surface area (Å²) in [6.07, 6.45) is 3.34. The molecule has 0 unspecified atom stereocenters. The van der Waals surface area contributed by atoms with Crippen LogP contribution in [0.4, 0.5) is 0 Å². The highest BCUT2D eigenvalue weighted by molar-refractivity contribution is 5.96. The van der Waals surface area contributed by atoms with Gasteiger partial charge in [0.15, 0.2) is 0 Å². The fraction of sp³-hybridized carbons (Fsp3) is 0.174. The predicted molar refractivity (Wildman–Crippen MR) is 113 cm³/mol. The third kappa shape index (κ3) is 3.24. The van der Waals surface area contributed by atoms with Crippen LogP contribution < -0.4 is 10.3 Å². The first-order valence-corrected chi connectivity index (χ1v) is 9.38. The summed E-state index contributed by atoms with van der Waals surface area (Å²) in [7, 11) is 2.88. The fourth-order valence-corrected chi connectivity index (χ4v) is 3.30. The van der Waals surface area contributed by atoms with Gasteiger partial charge >= 0.3 is 5.97 Å². The summed E-state index contributed by atoms with van der Waals surface area (Å²) in [5, 5.41) is 4.42. The molecule has 0 fully saturated rings. The van der Waals surface area contributed by atoms with Gasteiger partial charge in [-0.05, 0) is 61.4 Å². The zero-order chi connectivity index (χ0) is 21.4. The number of carbonyl (C=O) groups excluding carboxylic acids is 1. The van der Waals surface area contributed by atoms with Crippen LogP contribution in [0.25, 0.3) is 22.6 Å². The Balaban J connectivity index is 1.95. The molecule has 7 heteroatoms. The molecule has 2 aromatic carbocycles. The molecule has 30 heavy (non-hydrogen) atoms. The lowest BCUT2D eigenvalue weighted by atomic mass is 10.1. The number of hydrogen-bond donors (Lipinski definition) is 0. The molecule has 7 nitrogen and oxygen atoms in total. The number of fused-ring (bicyclic) bond motifs is 1. The van der Waals surface area contributed by atoms with Gasteiger partial charge < -0.3 is 14.0 Å². The van der Waals surface area contributed by atoms with E-state index in [0.29, 0.717) is 22.7 Å². The van der Waals surface area contributed by atoms with Gasteiger partial charge in [0.05, 0.1) is 25.5 Å². The summed E-state index contributed by atoms with van der Waals surface area (Å²) in [6, 6.07) is 12.9. The minimum absolute atomic E-state index is 0.220. The number of carbonyl (C=O) groups is 1. The van der Waals surface area contributed by atoms with Crippen molar-refractivity contribution in [1.29, 1.82) is 0 Å². The van der Waals surface area contributed by atoms with Crippen LogP contribution in [-0.2, 0) is 4.74 Å². The van der Waals surface area contributed by atoms with E-state index in [0.717, 1.165) is 16.8 Å². The molecule has 4 rings (SSSR count). The maximum Gasteiger partial charge on any atom is 0.341 e. The number of nitrogens with zero attached hydrogens (tertiary/aromatic N) is 3. The zero-order valence-corrected chi connectivity index (χ0v) is 17.2. The normalized spacial score (nSPS) is 10.9. The Morgan fingerprint density at radius 3 is 2.27 bits per heavy atom. The van der Waals surface area contributed by atoms with E-state index >= 15 is 0 Å². The largest absolute Gasteiger partial charge is 0.497 e. The molecule has 0 radical (unpaired) electrons. The number of benzene rings is 2. The molecule has 0 saturated heterocycles. The van der Waals surface area contributed by atoms with E-state index in [1.54, 1.807) is 48.3 Å². The highest BCUT2D eigenvalue weighted by Crippen LogP contribution is 2.26. The molecule has 0 spiro atoms. The second-order valence-corrected chi connectivity index (χ2v) is 7.02. The summed E-state index contributed by atoms with van der Waals surface area (Å²) >= 11 is 0. The summed E-state index contributed by atoms with van der Waals surface area (Å²) in [5.41, 5.74) is 4.19. The van der Waals surface area contributed by atoms with Crippen molar-refractivity contribution in [2.45, 2.75) is 13.8 Å². The Morgan fingerprint density at radius 2 is 1.63 bits per heavy atom. The molecule has 152 valence electrons. The molecular weight excluding hydrogens is 382 g/mol. The van der Waals surface area contributed by atoms with Crippen molar-refractivity contribution in [2.75, 3.05) is 14.2 Å². The quantitative estimate of drug-likeness (QED) is 0.487. The van der Waals surface area contributed by atoms with Gasteiger partial charge in [0.2, 0.25) is 0 Å². The molecule has 0 saturated carbocycles. The van der Waals surface area contributed by atoms with E-state index in [9.17, 15) is 9.59 Å². The molecule has 0 bridgehead atoms. The first-order valence-electron chi connectivity index (χ1n) is 9.38. The van der Waals surface area contributed by atoms with E-state index in [4.69, 9.17) is 9.47 Å². The van der Waals surface area contributed by atoms with E-state index in [1.165, 1.54) is 11.8 Å². The highest BCUT2D eigenvalue weighted by atomic mass is 16.5. The standard InChI is InChI=1S/C23H21N3O4/c1-14-5-6-17(11-15(14)2)25-12-19-21(20(13-25)23(28)30-4)24-26(22(19)27)16-7-9-18(29-3)10-8-16/h5-13H,1-4H3. The van der Waals surface area contributed by atoms with Crippen LogP contribution in [0.3, 0.4) is 0 Å². The minimum atomic E-state index is -0.558. The first kappa shape index (κ1) is 19.4. The van der Waals surface area contributed by atoms with Crippen LogP contribution in [0.15, 0.2) is 59.7 Å². The van der Waals surface area contributed by atoms with Gasteiger partial charge in [0.1, 0.15) is 17.0 Å². The molecular formula is C23H21N3O4. The van der Waals surface area contributed by atoms with Crippen LogP contribution in [-0.4, -0.2) is 34.5 Å². The maximum atomic E-state index is 13.2. The van der Waals surface area contributed by atoms with Crippen molar-refractivity contribution in [2.24, 2.45) is 0 Å². The van der Waals surface area contributed by atoms with Crippen LogP contribution in [0.1, 0.15) is 21.5 Å². The lowest BCUT2D eigenvalue weighted by Gasteiger charge is -2.13. The van der Waals surface area contributed by atoms with Gasteiger partial charge in [0.25, 0.3) is 5.56 Å². The number of aryl methyl sites for hydroxylation is 2. The molecule has 0 aliphatic carbocycles. The second-order valence-electron chi connectivity index (χ2n) is 7.02. The van der Waals surface area contributed by atoms with Gasteiger partial charge in [-0.1, -0.05) is 6.07 Å². The highest BCUT2D eigenvalue weighted by Gasteiger charge is 2.25. The van der Waals surface area contributed by atoms with E-state index in [2.05, 4.69) is 5.10 Å². The minimum Gasteiger partial charge on any atom is -0.497 e. The average Bonchev–Trinajstić information content (AvgIpc) is 3.11. The lowest BCUT2D eigenvalue weighted by Crippen LogP contribution is -2.15. The maximum absolute atomic E-state index is 13.2. The van der Waals surface area contributed by atoms with E-state index in [1.807, 2.05) is 32.0 Å². The van der Waals surface area contributed by atoms with Gasteiger partial charge in [-0.2, -0.15) is 9.78 Å². The summed E-state index contributed by atoms with van der Waals surface area (Å²) in [5.74, 6) is 0.114. The van der Waals surface area contributed by atoms with Gasteiger partial charge in [-0.3, -0.25) is 4.79 Å². The van der Waals surface area contributed by atoms with Crippen LogP contribution in [0, 0.1) is 13.8 Å². The molecule has 2 aromatic rings. The number of hydrogen-bond acceptors (Lipinski definition) is 5. The summed E-state index contributed by atoms with van der Waals surface area (Å²) < 4.78 is 13.1. The summed E-state index contributed by atoms with van der Waals surface area (Å²) in [6.45, 7) is 4.04. The van der Waals surface area contributed by atoms with Crippen molar-refractivity contribution in [3.8, 4) is 28.4 Å². The van der Waals surface area contributed by atoms with Crippen LogP contribution in [0.5, 0.6) is 5.75 Å². The van der Waals surface area contributed by atoms with Crippen LogP contribution >= 0.6 is 0 Å². The Labute approximate surface area is 173 Å². The van der Waals surface area contributed by atoms with Crippen LogP contribution in [0.2, 0.25) is 0 Å². The molecule has 2 heterocycles. The average molecular weight is 403 g/mol. The topological polar surface area (TPSA) is 75.3 Å². The van der Waals surface area contributed by atoms with Crippen molar-refractivity contribution in [1.82, 2.24) is 14.3 Å². The molecule has 0 atom stereocenters. The number of esters is 1. The Bertz CT molecular complexity index is 1270. The molecule has 0 aromatic heterocycles. The number of ether oxygens (including phenoxy) is 2. The van der Waals surface area contributed by atoms with Gasteiger partial charge in [0, 0.05) is 18.1 Å². The SMILES string of the molecule is COC(=O)c1cn(-c2ccc(C)c(C)c2)cc2c(=O)n(-c3ccc(OC)cc3)nc1-2. The first-order chi connectivity index (χ1) is 14.4. The van der Waals surface area contributed by atoms with Crippen molar-refractivity contribution < 1.29 is 14.3 Å². The van der Waals surface area contributed by atoms with Crippen molar-refractivity contribution >= 4 is 5.97 Å². The smallest absolute Gasteiger partial charge is 0.341 e. The fourth-order valence-electron chi connectivity index (χ4n) is 3.30. The number of rotatable bonds is 4. The Kier molecular flexibility index (Phi) is 4.87. The van der Waals surface area contributed by atoms with Crippen molar-refractivity contribution in [3.63, 3.8) is 0 Å². The van der Waals surface area contributed by atoms with Gasteiger partial charge in [-0.25, -0.2) is 4.79 Å². The third-order valence-electron chi connectivity index (χ3n) is 5.18. The zero-order valence-electron chi connectivity index (χ0n) is 17.2. The Morgan fingerprint density at radius 1 is 0.933 bits per heavy atom. The molecule has 2 aliphatic rings. The van der Waals surface area contributed by atoms with Gasteiger partial charge in [-0.15, -0.1) is 0 Å². The number of methoxy groups -OCH3 is 2. The van der Waals surface area contributed by atoms with E-state index < -0.39 is 5.97 Å². The van der Waals surface area contributed by atoms with E-state index in [-0.39, 0.29) is 11.1 Å². The molecule has 2 aliphatic heterocycles. The number of aromatic nitrogens is 3. The number of pyridine rings is 1. The lowest BCUT2D eigenvalue weighted by molar-refractivity contribution is 0.0600. The molecule has 0 N–H and O–H groups in total. The Hall–Kier alpha value is -3.87. The monoisotopic (exact) mass is 403 g/mol. The predicted octanol–water partition coefficient (Wildman–Crippen LogP) is 3.54. The third-order valence-corrected chi connectivity index (χ3v) is 5.18.